The molecule has 0 saturated carbocycles. The number of piperidine rings is 1. The number of ether oxygens (including phenoxy) is 1. The average Bonchev–Trinajstić information content (AvgIpc) is 2.73. The maximum Gasteiger partial charge on any atom is 0.227 e. The van der Waals surface area contributed by atoms with Gasteiger partial charge >= 0.3 is 0 Å². The molecule has 0 radical (unpaired) electrons. The van der Waals surface area contributed by atoms with Crippen LogP contribution in [0, 0.1) is 0 Å². The second-order valence-corrected chi connectivity index (χ2v) is 7.81. The Morgan fingerprint density at radius 2 is 2.18 bits per heavy atom. The van der Waals surface area contributed by atoms with Crippen molar-refractivity contribution in [2.75, 3.05) is 27.2 Å². The molecule has 0 aliphatic carbocycles. The van der Waals surface area contributed by atoms with Crippen molar-refractivity contribution in [1.82, 2.24) is 19.8 Å². The third-order valence-corrected chi connectivity index (χ3v) is 5.75. The topological polar surface area (TPSA) is 58.6 Å². The van der Waals surface area contributed by atoms with Crippen LogP contribution >= 0.6 is 0 Å². The van der Waals surface area contributed by atoms with Crippen LogP contribution in [0.2, 0.25) is 0 Å². The highest BCUT2D eigenvalue weighted by atomic mass is 16.5. The van der Waals surface area contributed by atoms with Crippen LogP contribution in [0.15, 0.2) is 30.5 Å². The third-order valence-electron chi connectivity index (χ3n) is 5.75. The van der Waals surface area contributed by atoms with Crippen molar-refractivity contribution in [2.45, 2.75) is 44.7 Å². The van der Waals surface area contributed by atoms with Gasteiger partial charge in [0, 0.05) is 43.5 Å². The number of likely N-dealkylation sites (N-methyl/N-ethyl adjacent to an activating group) is 1. The van der Waals surface area contributed by atoms with E-state index in [1.165, 1.54) is 5.56 Å². The zero-order valence-corrected chi connectivity index (χ0v) is 16.7. The second-order valence-electron chi connectivity index (χ2n) is 7.81. The van der Waals surface area contributed by atoms with Gasteiger partial charge in [0.05, 0.1) is 19.6 Å². The Balaban J connectivity index is 1.53. The molecule has 1 amide bonds. The number of carbonyl (C=O) groups excluding carboxylic acids is 1. The number of likely N-dealkylation sites (tertiary alicyclic amines) is 1. The summed E-state index contributed by atoms with van der Waals surface area (Å²) in [5.41, 5.74) is 3.33. The van der Waals surface area contributed by atoms with Crippen LogP contribution in [0.1, 0.15) is 47.9 Å². The number of nitrogens with zero attached hydrogens (tertiary/aromatic N) is 4. The summed E-state index contributed by atoms with van der Waals surface area (Å²) in [5.74, 6) is 1.73. The van der Waals surface area contributed by atoms with Crippen LogP contribution in [0.3, 0.4) is 0 Å². The minimum atomic E-state index is -0.0168. The van der Waals surface area contributed by atoms with Gasteiger partial charge in [-0.05, 0) is 44.0 Å². The summed E-state index contributed by atoms with van der Waals surface area (Å²) in [5, 5.41) is 0. The normalized spacial score (nSPS) is 19.9. The van der Waals surface area contributed by atoms with Crippen molar-refractivity contribution in [3.05, 3.63) is 53.1 Å². The molecule has 0 spiro atoms. The van der Waals surface area contributed by atoms with Gasteiger partial charge in [0.1, 0.15) is 5.75 Å². The Bertz CT molecular complexity index is 854. The minimum Gasteiger partial charge on any atom is -0.497 e. The first kappa shape index (κ1) is 18.9. The van der Waals surface area contributed by atoms with E-state index in [2.05, 4.69) is 16.9 Å². The number of hydrogen-bond donors (Lipinski definition) is 0. The fourth-order valence-corrected chi connectivity index (χ4v) is 4.19. The lowest BCUT2D eigenvalue weighted by Crippen LogP contribution is -2.40. The molecule has 6 nitrogen and oxygen atoms in total. The molecule has 1 fully saturated rings. The van der Waals surface area contributed by atoms with Crippen LogP contribution in [0.5, 0.6) is 5.75 Å². The smallest absolute Gasteiger partial charge is 0.227 e. The minimum absolute atomic E-state index is 0.0168. The quantitative estimate of drug-likeness (QED) is 0.816. The Morgan fingerprint density at radius 3 is 3.04 bits per heavy atom. The van der Waals surface area contributed by atoms with Crippen LogP contribution in [0.4, 0.5) is 0 Å². The largest absolute Gasteiger partial charge is 0.497 e. The lowest BCUT2D eigenvalue weighted by molar-refractivity contribution is -0.134. The summed E-state index contributed by atoms with van der Waals surface area (Å²) in [6, 6.07) is 7.72. The van der Waals surface area contributed by atoms with E-state index in [1.54, 1.807) is 7.11 Å². The van der Waals surface area contributed by atoms with Crippen LogP contribution in [-0.4, -0.2) is 52.9 Å². The Labute approximate surface area is 166 Å². The summed E-state index contributed by atoms with van der Waals surface area (Å²) in [6.45, 7) is 2.70. The summed E-state index contributed by atoms with van der Waals surface area (Å²) >= 11 is 0. The molecule has 1 unspecified atom stereocenters. The maximum absolute atomic E-state index is 13.1. The number of fused-ring (bicyclic) bond motifs is 1. The molecule has 2 aliphatic rings. The lowest BCUT2D eigenvalue weighted by Gasteiger charge is -2.35. The van der Waals surface area contributed by atoms with Gasteiger partial charge in [-0.15, -0.1) is 0 Å². The monoisotopic (exact) mass is 380 g/mol. The molecular formula is C22H28N4O2. The highest BCUT2D eigenvalue weighted by Gasteiger charge is 2.30. The van der Waals surface area contributed by atoms with E-state index < -0.39 is 0 Å². The molecule has 1 aromatic heterocycles. The number of rotatable bonds is 4. The Hall–Kier alpha value is -2.47. The molecule has 28 heavy (non-hydrogen) atoms. The highest BCUT2D eigenvalue weighted by molar-refractivity contribution is 5.79. The third kappa shape index (κ3) is 4.02. The van der Waals surface area contributed by atoms with Crippen molar-refractivity contribution in [3.63, 3.8) is 0 Å². The molecule has 6 heteroatoms. The van der Waals surface area contributed by atoms with Crippen molar-refractivity contribution in [1.29, 1.82) is 0 Å². The predicted molar refractivity (Wildman–Crippen MR) is 107 cm³/mol. The summed E-state index contributed by atoms with van der Waals surface area (Å²) in [4.78, 5) is 26.9. The molecule has 2 aromatic rings. The number of amides is 1. The van der Waals surface area contributed by atoms with Crippen LogP contribution in [-0.2, 0) is 24.2 Å². The molecule has 2 aliphatic heterocycles. The number of methoxy groups -OCH3 is 1. The summed E-state index contributed by atoms with van der Waals surface area (Å²) in [6.07, 6.45) is 6.37. The van der Waals surface area contributed by atoms with Crippen molar-refractivity contribution in [2.24, 2.45) is 0 Å². The number of benzene rings is 1. The SMILES string of the molecule is COc1cccc(CC(=O)N2CCCCC2c2ncc3c(n2)CCN(C)C3)c1. The zero-order chi connectivity index (χ0) is 19.5. The molecule has 4 rings (SSSR count). The van der Waals surface area contributed by atoms with Gasteiger partial charge in [-0.1, -0.05) is 12.1 Å². The fraction of sp³-hybridized carbons (Fsp3) is 0.500. The first-order valence-corrected chi connectivity index (χ1v) is 10.1. The van der Waals surface area contributed by atoms with Gasteiger partial charge in [0.25, 0.3) is 0 Å². The number of carbonyl (C=O) groups is 1. The van der Waals surface area contributed by atoms with Crippen LogP contribution in [0.25, 0.3) is 0 Å². The highest BCUT2D eigenvalue weighted by Crippen LogP contribution is 2.30. The second kappa shape index (κ2) is 8.27. The van der Waals surface area contributed by atoms with Gasteiger partial charge in [-0.25, -0.2) is 9.97 Å². The van der Waals surface area contributed by atoms with Crippen molar-refractivity contribution >= 4 is 5.91 Å². The van der Waals surface area contributed by atoms with E-state index in [9.17, 15) is 4.79 Å². The fourth-order valence-electron chi connectivity index (χ4n) is 4.19. The molecule has 1 atom stereocenters. The molecule has 1 aromatic carbocycles. The maximum atomic E-state index is 13.1. The molecule has 0 bridgehead atoms. The zero-order valence-electron chi connectivity index (χ0n) is 16.7. The molecule has 3 heterocycles. The first-order valence-electron chi connectivity index (χ1n) is 10.1. The number of aromatic nitrogens is 2. The van der Waals surface area contributed by atoms with E-state index in [4.69, 9.17) is 9.72 Å². The van der Waals surface area contributed by atoms with E-state index in [0.29, 0.717) is 6.42 Å². The Morgan fingerprint density at radius 1 is 1.29 bits per heavy atom. The van der Waals surface area contributed by atoms with Gasteiger partial charge in [-0.3, -0.25) is 4.79 Å². The van der Waals surface area contributed by atoms with Crippen molar-refractivity contribution < 1.29 is 9.53 Å². The van der Waals surface area contributed by atoms with E-state index in [0.717, 1.165) is 68.1 Å². The summed E-state index contributed by atoms with van der Waals surface area (Å²) in [7, 11) is 3.77. The standard InChI is InChI=1S/C22H28N4O2/c1-25-11-9-19-17(15-25)14-23-22(24-19)20-8-3-4-10-26(20)21(27)13-16-6-5-7-18(12-16)28-2/h5-7,12,14,20H,3-4,8-11,13,15H2,1-2H3. The van der Waals surface area contributed by atoms with Gasteiger partial charge in [-0.2, -0.15) is 0 Å². The molecule has 0 N–H and O–H groups in total. The predicted octanol–water partition coefficient (Wildman–Crippen LogP) is 2.77. The lowest BCUT2D eigenvalue weighted by atomic mass is 9.99. The van der Waals surface area contributed by atoms with Crippen molar-refractivity contribution in [3.8, 4) is 5.75 Å². The molecule has 148 valence electrons. The summed E-state index contributed by atoms with van der Waals surface area (Å²) < 4.78 is 5.28. The van der Waals surface area contributed by atoms with E-state index >= 15 is 0 Å². The van der Waals surface area contributed by atoms with Gasteiger partial charge < -0.3 is 14.5 Å². The molecule has 1 saturated heterocycles. The van der Waals surface area contributed by atoms with Gasteiger partial charge in [0.2, 0.25) is 5.91 Å². The van der Waals surface area contributed by atoms with Crippen LogP contribution < -0.4 is 4.74 Å². The van der Waals surface area contributed by atoms with Gasteiger partial charge in [0.15, 0.2) is 5.82 Å². The molecular weight excluding hydrogens is 352 g/mol. The Kier molecular flexibility index (Phi) is 5.57. The van der Waals surface area contributed by atoms with E-state index in [1.807, 2.05) is 35.4 Å². The van der Waals surface area contributed by atoms with E-state index in [-0.39, 0.29) is 11.9 Å². The average molecular weight is 380 g/mol. The number of hydrogen-bond acceptors (Lipinski definition) is 5. The first-order chi connectivity index (χ1) is 13.6.